The van der Waals surface area contributed by atoms with E-state index in [0.29, 0.717) is 12.2 Å². The first kappa shape index (κ1) is 24.0. The van der Waals surface area contributed by atoms with Gasteiger partial charge in [-0.15, -0.1) is 0 Å². The topological polar surface area (TPSA) is 70.7 Å². The number of nitrogens with one attached hydrogen (secondary N) is 2. The second-order valence-electron chi connectivity index (χ2n) is 8.38. The fourth-order valence-electron chi connectivity index (χ4n) is 3.93. The highest BCUT2D eigenvalue weighted by Crippen LogP contribution is 2.22. The van der Waals surface area contributed by atoms with Crippen molar-refractivity contribution in [2.24, 2.45) is 0 Å². The summed E-state index contributed by atoms with van der Waals surface area (Å²) in [6.07, 6.45) is 0. The van der Waals surface area contributed by atoms with Crippen molar-refractivity contribution in [3.8, 4) is 5.75 Å². The summed E-state index contributed by atoms with van der Waals surface area (Å²) in [6, 6.07) is 30.1. The predicted molar refractivity (Wildman–Crippen MR) is 139 cm³/mol. The summed E-state index contributed by atoms with van der Waals surface area (Å²) in [5.41, 5.74) is 2.53. The number of para-hydroxylation sites is 1. The first-order valence-electron chi connectivity index (χ1n) is 11.5. The lowest BCUT2D eigenvalue weighted by Gasteiger charge is -2.22. The van der Waals surface area contributed by atoms with Gasteiger partial charge in [0.1, 0.15) is 11.8 Å². The van der Waals surface area contributed by atoms with E-state index < -0.39 is 6.04 Å². The molecule has 2 N–H and O–H groups in total. The number of carbonyl (C=O) groups is 2. The maximum Gasteiger partial charge on any atom is 0.246 e. The second kappa shape index (κ2) is 11.3. The molecule has 4 aromatic carbocycles. The molecule has 4 rings (SSSR count). The van der Waals surface area contributed by atoms with Gasteiger partial charge in [-0.3, -0.25) is 14.9 Å². The Balaban J connectivity index is 1.41. The van der Waals surface area contributed by atoms with Gasteiger partial charge in [-0.05, 0) is 52.2 Å². The van der Waals surface area contributed by atoms with E-state index in [9.17, 15) is 9.59 Å². The number of nitrogens with zero attached hydrogens (tertiary/aromatic N) is 1. The summed E-state index contributed by atoms with van der Waals surface area (Å²) in [6.45, 7) is 0.498. The standard InChI is InChI=1S/C29H29N3O3/c1-32(20-21-13-14-24-18-26(35-2)16-15-23(24)17-21)27(33)19-30-28(22-9-5-3-6-10-22)29(34)31-25-11-7-4-8-12-25/h3-18,28,30H,19-20H2,1-2H3,(H,31,34). The summed E-state index contributed by atoms with van der Waals surface area (Å²) < 4.78 is 5.29. The monoisotopic (exact) mass is 467 g/mol. The normalized spacial score (nSPS) is 11.6. The van der Waals surface area contributed by atoms with E-state index in [-0.39, 0.29) is 18.4 Å². The molecule has 0 bridgehead atoms. The Morgan fingerprint density at radius 2 is 1.51 bits per heavy atom. The number of amides is 2. The Morgan fingerprint density at radius 1 is 0.857 bits per heavy atom. The van der Waals surface area contributed by atoms with E-state index in [0.717, 1.165) is 27.6 Å². The number of hydrogen-bond acceptors (Lipinski definition) is 4. The van der Waals surface area contributed by atoms with Crippen LogP contribution in [0.25, 0.3) is 10.8 Å². The molecule has 0 radical (unpaired) electrons. The summed E-state index contributed by atoms with van der Waals surface area (Å²) in [4.78, 5) is 27.6. The van der Waals surface area contributed by atoms with Gasteiger partial charge in [0, 0.05) is 19.3 Å². The van der Waals surface area contributed by atoms with Crippen molar-refractivity contribution >= 4 is 28.3 Å². The van der Waals surface area contributed by atoms with Crippen molar-refractivity contribution in [1.29, 1.82) is 0 Å². The van der Waals surface area contributed by atoms with Crippen LogP contribution in [-0.4, -0.2) is 37.4 Å². The predicted octanol–water partition coefficient (Wildman–Crippen LogP) is 4.78. The van der Waals surface area contributed by atoms with Crippen LogP contribution in [0.4, 0.5) is 5.69 Å². The number of benzene rings is 4. The van der Waals surface area contributed by atoms with Gasteiger partial charge >= 0.3 is 0 Å². The van der Waals surface area contributed by atoms with E-state index in [4.69, 9.17) is 4.74 Å². The molecule has 0 heterocycles. The molecular formula is C29H29N3O3. The number of methoxy groups -OCH3 is 1. The van der Waals surface area contributed by atoms with Crippen molar-refractivity contribution in [1.82, 2.24) is 10.2 Å². The van der Waals surface area contributed by atoms with Crippen molar-refractivity contribution in [2.45, 2.75) is 12.6 Å². The maximum absolute atomic E-state index is 13.0. The first-order valence-corrected chi connectivity index (χ1v) is 11.5. The zero-order chi connectivity index (χ0) is 24.6. The molecule has 2 amide bonds. The van der Waals surface area contributed by atoms with Crippen LogP contribution in [0.1, 0.15) is 17.2 Å². The number of likely N-dealkylation sites (N-methyl/N-ethyl adjacent to an activating group) is 1. The van der Waals surface area contributed by atoms with Gasteiger partial charge in [0.2, 0.25) is 11.8 Å². The van der Waals surface area contributed by atoms with Gasteiger partial charge in [-0.1, -0.05) is 66.7 Å². The molecule has 4 aromatic rings. The molecule has 0 aliphatic rings. The van der Waals surface area contributed by atoms with Crippen LogP contribution < -0.4 is 15.4 Å². The maximum atomic E-state index is 13.0. The minimum absolute atomic E-state index is 0.0308. The summed E-state index contributed by atoms with van der Waals surface area (Å²) in [5.74, 6) is 0.490. The molecule has 0 spiro atoms. The van der Waals surface area contributed by atoms with Crippen LogP contribution in [0.3, 0.4) is 0 Å². The highest BCUT2D eigenvalue weighted by atomic mass is 16.5. The van der Waals surface area contributed by atoms with Crippen molar-refractivity contribution < 1.29 is 14.3 Å². The molecular weight excluding hydrogens is 438 g/mol. The Bertz CT molecular complexity index is 1290. The Labute approximate surface area is 205 Å². The van der Waals surface area contributed by atoms with Crippen LogP contribution in [-0.2, 0) is 16.1 Å². The summed E-state index contributed by atoms with van der Waals surface area (Å²) in [5, 5.41) is 8.24. The lowest BCUT2D eigenvalue weighted by Crippen LogP contribution is -2.40. The third-order valence-electron chi connectivity index (χ3n) is 5.85. The number of ether oxygens (including phenoxy) is 1. The van der Waals surface area contributed by atoms with Crippen molar-refractivity contribution in [3.05, 3.63) is 108 Å². The molecule has 0 saturated heterocycles. The molecule has 178 valence electrons. The first-order chi connectivity index (χ1) is 17.0. The molecule has 0 aromatic heterocycles. The van der Waals surface area contributed by atoms with Gasteiger partial charge in [-0.25, -0.2) is 0 Å². The molecule has 0 aliphatic heterocycles. The summed E-state index contributed by atoms with van der Waals surface area (Å²) in [7, 11) is 3.42. The van der Waals surface area contributed by atoms with Crippen LogP contribution in [0.5, 0.6) is 5.75 Å². The van der Waals surface area contributed by atoms with Crippen molar-refractivity contribution in [2.75, 3.05) is 26.0 Å². The number of fused-ring (bicyclic) bond motifs is 1. The molecule has 0 fully saturated rings. The number of anilines is 1. The smallest absolute Gasteiger partial charge is 0.246 e. The number of rotatable bonds is 9. The molecule has 6 nitrogen and oxygen atoms in total. The van der Waals surface area contributed by atoms with Crippen LogP contribution in [0.2, 0.25) is 0 Å². The van der Waals surface area contributed by atoms with Gasteiger partial charge < -0.3 is 15.0 Å². The van der Waals surface area contributed by atoms with E-state index in [1.165, 1.54) is 0 Å². The molecule has 6 heteroatoms. The minimum atomic E-state index is -0.663. The quantitative estimate of drug-likeness (QED) is 0.372. The highest BCUT2D eigenvalue weighted by Gasteiger charge is 2.22. The third-order valence-corrected chi connectivity index (χ3v) is 5.85. The average Bonchev–Trinajstić information content (AvgIpc) is 2.89. The van der Waals surface area contributed by atoms with Crippen LogP contribution in [0, 0.1) is 0 Å². The van der Waals surface area contributed by atoms with Gasteiger partial charge in [0.25, 0.3) is 0 Å². The minimum Gasteiger partial charge on any atom is -0.497 e. The lowest BCUT2D eigenvalue weighted by molar-refractivity contribution is -0.129. The molecule has 1 atom stereocenters. The Kier molecular flexibility index (Phi) is 7.75. The van der Waals surface area contributed by atoms with E-state index in [2.05, 4.69) is 16.7 Å². The molecule has 35 heavy (non-hydrogen) atoms. The SMILES string of the molecule is COc1ccc2cc(CN(C)C(=O)CNC(C(=O)Nc3ccccc3)c3ccccc3)ccc2c1. The zero-order valence-electron chi connectivity index (χ0n) is 19.9. The number of carbonyl (C=O) groups excluding carboxylic acids is 2. The molecule has 1 unspecified atom stereocenters. The average molecular weight is 468 g/mol. The fraction of sp³-hybridized carbons (Fsp3) is 0.172. The zero-order valence-corrected chi connectivity index (χ0v) is 19.9. The van der Waals surface area contributed by atoms with E-state index in [1.807, 2.05) is 91.0 Å². The van der Waals surface area contributed by atoms with Gasteiger partial charge in [0.15, 0.2) is 0 Å². The Morgan fingerprint density at radius 3 is 2.23 bits per heavy atom. The third kappa shape index (κ3) is 6.25. The van der Waals surface area contributed by atoms with Gasteiger partial charge in [-0.2, -0.15) is 0 Å². The van der Waals surface area contributed by atoms with Gasteiger partial charge in [0.05, 0.1) is 13.7 Å². The Hall–Kier alpha value is -4.16. The van der Waals surface area contributed by atoms with Crippen LogP contribution >= 0.6 is 0 Å². The number of hydrogen-bond donors (Lipinski definition) is 2. The van der Waals surface area contributed by atoms with Crippen LogP contribution in [0.15, 0.2) is 97.1 Å². The highest BCUT2D eigenvalue weighted by molar-refractivity contribution is 5.96. The molecule has 0 saturated carbocycles. The lowest BCUT2D eigenvalue weighted by atomic mass is 10.1. The fourth-order valence-corrected chi connectivity index (χ4v) is 3.93. The second-order valence-corrected chi connectivity index (χ2v) is 8.38. The van der Waals surface area contributed by atoms with E-state index in [1.54, 1.807) is 19.1 Å². The molecule has 0 aliphatic carbocycles. The largest absolute Gasteiger partial charge is 0.497 e. The van der Waals surface area contributed by atoms with E-state index >= 15 is 0 Å². The van der Waals surface area contributed by atoms with Crippen molar-refractivity contribution in [3.63, 3.8) is 0 Å². The summed E-state index contributed by atoms with van der Waals surface area (Å²) >= 11 is 0.